The van der Waals surface area contributed by atoms with E-state index in [2.05, 4.69) is 17.0 Å². The van der Waals surface area contributed by atoms with E-state index in [1.807, 2.05) is 0 Å². The topological polar surface area (TPSA) is 84.3 Å². The third kappa shape index (κ3) is 4.04. The number of carbonyl (C=O) groups excluding carboxylic acids is 2. The molecule has 0 radical (unpaired) electrons. The average molecular weight is 409 g/mol. The number of aromatic nitrogens is 2. The van der Waals surface area contributed by atoms with E-state index < -0.39 is 17.3 Å². The fourth-order valence-corrected chi connectivity index (χ4v) is 3.58. The van der Waals surface area contributed by atoms with Crippen LogP contribution in [-0.2, 0) is 16.1 Å². The molecule has 1 aliphatic rings. The molecule has 0 saturated carbocycles. The predicted molar refractivity (Wildman–Crippen MR) is 102 cm³/mol. The number of nitrogens with zero attached hydrogens (tertiary/aromatic N) is 3. The van der Waals surface area contributed by atoms with E-state index in [1.165, 1.54) is 41.1 Å². The summed E-state index contributed by atoms with van der Waals surface area (Å²) in [5.41, 5.74) is -0.0811. The van der Waals surface area contributed by atoms with Gasteiger partial charge in [0.2, 0.25) is 11.8 Å². The van der Waals surface area contributed by atoms with Gasteiger partial charge in [-0.1, -0.05) is 17.7 Å². The van der Waals surface area contributed by atoms with E-state index in [4.69, 9.17) is 11.6 Å². The summed E-state index contributed by atoms with van der Waals surface area (Å²) in [5, 5.41) is 6.38. The summed E-state index contributed by atoms with van der Waals surface area (Å²) < 4.78 is 14.2. The van der Waals surface area contributed by atoms with Gasteiger partial charge in [-0.15, -0.1) is 18.3 Å². The van der Waals surface area contributed by atoms with Crippen LogP contribution in [0.1, 0.15) is 0 Å². The summed E-state index contributed by atoms with van der Waals surface area (Å²) in [7, 11) is 0. The number of nitrogens with one attached hydrogen (secondary N) is 1. The van der Waals surface area contributed by atoms with E-state index >= 15 is 0 Å². The van der Waals surface area contributed by atoms with Crippen LogP contribution in [0.4, 0.5) is 15.8 Å². The normalized spacial score (nSPS) is 13.3. The maximum absolute atomic E-state index is 13.2. The number of benzene rings is 1. The number of thioether (sulfide) groups is 1. The highest BCUT2D eigenvalue weighted by molar-refractivity contribution is 8.00. The Morgan fingerprint density at radius 2 is 2.22 bits per heavy atom. The molecule has 0 spiro atoms. The molecule has 0 saturated heterocycles. The lowest BCUT2D eigenvalue weighted by Gasteiger charge is -2.27. The van der Waals surface area contributed by atoms with Crippen LogP contribution in [0, 0.1) is 5.82 Å². The Morgan fingerprint density at radius 1 is 1.44 bits per heavy atom. The lowest BCUT2D eigenvalue weighted by Crippen LogP contribution is -2.42. The van der Waals surface area contributed by atoms with Crippen LogP contribution >= 0.6 is 23.4 Å². The van der Waals surface area contributed by atoms with Crippen molar-refractivity contribution >= 4 is 46.6 Å². The highest BCUT2D eigenvalue weighted by atomic mass is 35.5. The van der Waals surface area contributed by atoms with Crippen LogP contribution in [0.3, 0.4) is 0 Å². The van der Waals surface area contributed by atoms with Crippen molar-refractivity contribution in [2.24, 2.45) is 0 Å². The Hall–Kier alpha value is -2.65. The molecule has 1 aromatic carbocycles. The summed E-state index contributed by atoms with van der Waals surface area (Å²) >= 11 is 6.90. The third-order valence-corrected chi connectivity index (χ3v) is 5.01. The van der Waals surface area contributed by atoms with E-state index in [0.29, 0.717) is 4.90 Å². The molecule has 1 aromatic heterocycles. The largest absolute Gasteiger partial charge is 0.324 e. The molecule has 0 bridgehead atoms. The zero-order chi connectivity index (χ0) is 19.6. The van der Waals surface area contributed by atoms with Gasteiger partial charge in [0.15, 0.2) is 0 Å². The summed E-state index contributed by atoms with van der Waals surface area (Å²) in [6, 6.07) is 3.74. The number of hydrogen-bond acceptors (Lipinski definition) is 5. The minimum absolute atomic E-state index is 0.132. The lowest BCUT2D eigenvalue weighted by molar-refractivity contribution is -0.117. The summed E-state index contributed by atoms with van der Waals surface area (Å²) in [4.78, 5) is 39.0. The van der Waals surface area contributed by atoms with Crippen LogP contribution in [0.25, 0.3) is 0 Å². The van der Waals surface area contributed by atoms with Crippen molar-refractivity contribution in [1.82, 2.24) is 9.78 Å². The molecule has 27 heavy (non-hydrogen) atoms. The Kier molecular flexibility index (Phi) is 5.62. The zero-order valence-electron chi connectivity index (χ0n) is 13.9. The fourth-order valence-electron chi connectivity index (χ4n) is 2.50. The summed E-state index contributed by atoms with van der Waals surface area (Å²) in [6.07, 6.45) is 2.97. The minimum Gasteiger partial charge on any atom is -0.324 e. The second kappa shape index (κ2) is 7.93. The van der Waals surface area contributed by atoms with E-state index in [-0.39, 0.29) is 41.1 Å². The van der Waals surface area contributed by atoms with Crippen LogP contribution < -0.4 is 15.8 Å². The van der Waals surface area contributed by atoms with Gasteiger partial charge in [-0.2, -0.15) is 5.10 Å². The number of rotatable bonds is 5. The van der Waals surface area contributed by atoms with Crippen molar-refractivity contribution in [3.63, 3.8) is 0 Å². The quantitative estimate of drug-likeness (QED) is 0.767. The van der Waals surface area contributed by atoms with Gasteiger partial charge in [-0.25, -0.2) is 9.07 Å². The van der Waals surface area contributed by atoms with Crippen LogP contribution in [0.5, 0.6) is 0 Å². The molecule has 2 aromatic rings. The van der Waals surface area contributed by atoms with Crippen molar-refractivity contribution in [3.05, 3.63) is 58.2 Å². The molecule has 3 rings (SSSR count). The van der Waals surface area contributed by atoms with Gasteiger partial charge in [0.1, 0.15) is 18.0 Å². The first-order valence-electron chi connectivity index (χ1n) is 7.79. The van der Waals surface area contributed by atoms with Gasteiger partial charge in [0.05, 0.1) is 21.9 Å². The van der Waals surface area contributed by atoms with Gasteiger partial charge in [-0.3, -0.25) is 14.4 Å². The highest BCUT2D eigenvalue weighted by Crippen LogP contribution is 2.31. The molecule has 10 heteroatoms. The molecular weight excluding hydrogens is 395 g/mol. The van der Waals surface area contributed by atoms with Crippen molar-refractivity contribution in [2.45, 2.75) is 11.4 Å². The predicted octanol–water partition coefficient (Wildman–Crippen LogP) is 2.30. The van der Waals surface area contributed by atoms with Crippen LogP contribution in [0.15, 0.2) is 46.7 Å². The molecule has 2 amide bonds. The molecule has 1 aliphatic heterocycles. The van der Waals surface area contributed by atoms with E-state index in [9.17, 15) is 18.8 Å². The molecular formula is C17H14ClFN4O3S. The van der Waals surface area contributed by atoms with Gasteiger partial charge >= 0.3 is 0 Å². The standard InChI is InChI=1S/C17H14ClFN4O3S/c1-2-5-22-15(25)9-27-13-7-20-23(17(26)16(13)22)8-14(24)21-10-3-4-12(19)11(18)6-10/h2-4,6-7H,1,5,8-9H2,(H,21,24). The number of carbonyl (C=O) groups is 2. The van der Waals surface area contributed by atoms with Gasteiger partial charge in [0, 0.05) is 12.2 Å². The average Bonchev–Trinajstić information content (AvgIpc) is 2.63. The van der Waals surface area contributed by atoms with Crippen molar-refractivity contribution in [2.75, 3.05) is 22.5 Å². The number of fused-ring (bicyclic) bond motifs is 1. The summed E-state index contributed by atoms with van der Waals surface area (Å²) in [6.45, 7) is 3.41. The Bertz CT molecular complexity index is 995. The second-order valence-electron chi connectivity index (χ2n) is 5.58. The number of hydrogen-bond donors (Lipinski definition) is 1. The fraction of sp³-hybridized carbons (Fsp3) is 0.176. The maximum Gasteiger partial charge on any atom is 0.292 e. The minimum atomic E-state index is -0.605. The zero-order valence-corrected chi connectivity index (χ0v) is 15.5. The van der Waals surface area contributed by atoms with Crippen molar-refractivity contribution in [1.29, 1.82) is 0 Å². The number of anilines is 2. The molecule has 0 unspecified atom stereocenters. The highest BCUT2D eigenvalue weighted by Gasteiger charge is 2.28. The van der Waals surface area contributed by atoms with Crippen molar-refractivity contribution < 1.29 is 14.0 Å². The number of halogens is 2. The van der Waals surface area contributed by atoms with Crippen molar-refractivity contribution in [3.8, 4) is 0 Å². The Morgan fingerprint density at radius 3 is 2.93 bits per heavy atom. The number of amides is 2. The molecule has 0 fully saturated rings. The third-order valence-electron chi connectivity index (χ3n) is 3.72. The van der Waals surface area contributed by atoms with Gasteiger partial charge in [0.25, 0.3) is 5.56 Å². The molecule has 7 nitrogen and oxygen atoms in total. The van der Waals surface area contributed by atoms with Gasteiger partial charge in [-0.05, 0) is 18.2 Å². The lowest BCUT2D eigenvalue weighted by atomic mass is 10.3. The SMILES string of the molecule is C=CCN1C(=O)CSc2cnn(CC(=O)Nc3ccc(F)c(Cl)c3)c(=O)c21. The van der Waals surface area contributed by atoms with Gasteiger partial charge < -0.3 is 10.2 Å². The smallest absolute Gasteiger partial charge is 0.292 e. The first-order chi connectivity index (χ1) is 12.9. The monoisotopic (exact) mass is 408 g/mol. The van der Waals surface area contributed by atoms with Crippen LogP contribution in [0.2, 0.25) is 5.02 Å². The maximum atomic E-state index is 13.2. The first kappa shape index (κ1) is 19.1. The second-order valence-corrected chi connectivity index (χ2v) is 7.00. The Balaban J connectivity index is 1.84. The molecule has 140 valence electrons. The Labute approximate surface area is 162 Å². The van der Waals surface area contributed by atoms with E-state index in [1.54, 1.807) is 0 Å². The molecule has 0 aliphatic carbocycles. The molecule has 2 heterocycles. The summed E-state index contributed by atoms with van der Waals surface area (Å²) in [5.74, 6) is -1.16. The molecule has 1 N–H and O–H groups in total. The van der Waals surface area contributed by atoms with E-state index in [0.717, 1.165) is 10.7 Å². The first-order valence-corrected chi connectivity index (χ1v) is 9.16. The van der Waals surface area contributed by atoms with Crippen LogP contribution in [-0.4, -0.2) is 33.9 Å². The molecule has 0 atom stereocenters.